The van der Waals surface area contributed by atoms with Crippen LogP contribution in [0.2, 0.25) is 0 Å². The lowest BCUT2D eigenvalue weighted by Crippen LogP contribution is -2.32. The molecule has 0 aliphatic heterocycles. The highest BCUT2D eigenvalue weighted by Gasteiger charge is 2.16. The molecule has 0 fully saturated rings. The molecule has 0 atom stereocenters. The fourth-order valence-corrected chi connectivity index (χ4v) is 1.95. The third kappa shape index (κ3) is 5.30. The maximum Gasteiger partial charge on any atom is 0.289 e. The Labute approximate surface area is 120 Å². The Kier molecular flexibility index (Phi) is 7.91. The molecule has 0 aliphatic carbocycles. The van der Waals surface area contributed by atoms with E-state index in [1.54, 1.807) is 13.2 Å². The molecule has 114 valence electrons. The van der Waals surface area contributed by atoms with Crippen molar-refractivity contribution in [2.75, 3.05) is 33.4 Å². The summed E-state index contributed by atoms with van der Waals surface area (Å²) in [5, 5.41) is 9.92. The Morgan fingerprint density at radius 2 is 2.10 bits per heavy atom. The van der Waals surface area contributed by atoms with E-state index in [1.165, 1.54) is 0 Å². The van der Waals surface area contributed by atoms with Gasteiger partial charge in [-0.1, -0.05) is 19.0 Å². The molecule has 0 saturated carbocycles. The molecule has 1 amide bonds. The van der Waals surface area contributed by atoms with E-state index in [0.29, 0.717) is 25.6 Å². The van der Waals surface area contributed by atoms with Gasteiger partial charge in [0.15, 0.2) is 0 Å². The number of nitrogens with zero attached hydrogens (tertiary/aromatic N) is 1. The van der Waals surface area contributed by atoms with Crippen LogP contribution in [-0.4, -0.2) is 44.4 Å². The Morgan fingerprint density at radius 1 is 1.35 bits per heavy atom. The highest BCUT2D eigenvalue weighted by molar-refractivity contribution is 5.91. The van der Waals surface area contributed by atoms with Crippen molar-refractivity contribution in [3.8, 4) is 0 Å². The summed E-state index contributed by atoms with van der Waals surface area (Å²) in [7, 11) is 1.66. The van der Waals surface area contributed by atoms with E-state index < -0.39 is 0 Å². The summed E-state index contributed by atoms with van der Waals surface area (Å²) in [5.74, 6) is 0.419. The third-order valence-electron chi connectivity index (χ3n) is 3.23. The second-order valence-electron chi connectivity index (χ2n) is 4.63. The number of aromatic nitrogens is 1. The van der Waals surface area contributed by atoms with E-state index in [2.05, 4.69) is 29.6 Å². The van der Waals surface area contributed by atoms with E-state index in [9.17, 15) is 4.79 Å². The summed E-state index contributed by atoms with van der Waals surface area (Å²) in [6.07, 6.45) is 1.99. The number of nitrogens with one attached hydrogen (secondary N) is 2. The van der Waals surface area contributed by atoms with Gasteiger partial charge in [-0.2, -0.15) is 0 Å². The summed E-state index contributed by atoms with van der Waals surface area (Å²) < 4.78 is 10.0. The highest BCUT2D eigenvalue weighted by atomic mass is 16.5. The fourth-order valence-electron chi connectivity index (χ4n) is 1.95. The number of ether oxygens (including phenoxy) is 1. The third-order valence-corrected chi connectivity index (χ3v) is 3.23. The van der Waals surface area contributed by atoms with Crippen molar-refractivity contribution in [1.29, 1.82) is 0 Å². The molecule has 1 rings (SSSR count). The predicted octanol–water partition coefficient (Wildman–Crippen LogP) is 1.54. The van der Waals surface area contributed by atoms with Crippen molar-refractivity contribution in [1.82, 2.24) is 15.8 Å². The van der Waals surface area contributed by atoms with Gasteiger partial charge in [0.05, 0.1) is 12.3 Å². The molecule has 1 aromatic heterocycles. The number of carbonyl (C=O) groups is 1. The van der Waals surface area contributed by atoms with Crippen LogP contribution < -0.4 is 10.6 Å². The quantitative estimate of drug-likeness (QED) is 0.637. The van der Waals surface area contributed by atoms with Crippen LogP contribution in [0.1, 0.15) is 48.9 Å². The van der Waals surface area contributed by atoms with Gasteiger partial charge in [-0.3, -0.25) is 4.79 Å². The van der Waals surface area contributed by atoms with E-state index in [0.717, 1.165) is 25.1 Å². The standard InChI is InChI=1S/C14H25N3O3/c1-4-11(5-2)12-10-13(20-17-12)14(18)16-7-6-15-8-9-19-3/h10-11,15H,4-9H2,1-3H3,(H,16,18). The Balaban J connectivity index is 2.33. The zero-order chi connectivity index (χ0) is 14.8. The molecule has 1 aromatic rings. The van der Waals surface area contributed by atoms with E-state index >= 15 is 0 Å². The van der Waals surface area contributed by atoms with Crippen LogP contribution in [-0.2, 0) is 4.74 Å². The van der Waals surface area contributed by atoms with Gasteiger partial charge in [-0.15, -0.1) is 0 Å². The largest absolute Gasteiger partial charge is 0.383 e. The second-order valence-corrected chi connectivity index (χ2v) is 4.63. The van der Waals surface area contributed by atoms with Gasteiger partial charge in [0, 0.05) is 38.7 Å². The zero-order valence-corrected chi connectivity index (χ0v) is 12.6. The Morgan fingerprint density at radius 3 is 2.75 bits per heavy atom. The van der Waals surface area contributed by atoms with Crippen LogP contribution in [0, 0.1) is 0 Å². The first-order chi connectivity index (χ1) is 9.72. The predicted molar refractivity (Wildman–Crippen MR) is 76.9 cm³/mol. The first-order valence-corrected chi connectivity index (χ1v) is 7.17. The van der Waals surface area contributed by atoms with Gasteiger partial charge in [-0.05, 0) is 12.8 Å². The van der Waals surface area contributed by atoms with E-state index in [4.69, 9.17) is 9.26 Å². The number of rotatable bonds is 10. The maximum atomic E-state index is 11.8. The minimum Gasteiger partial charge on any atom is -0.383 e. The molecule has 0 spiro atoms. The summed E-state index contributed by atoms with van der Waals surface area (Å²) >= 11 is 0. The van der Waals surface area contributed by atoms with Gasteiger partial charge >= 0.3 is 0 Å². The van der Waals surface area contributed by atoms with Crippen LogP contribution in [0.25, 0.3) is 0 Å². The fraction of sp³-hybridized carbons (Fsp3) is 0.714. The highest BCUT2D eigenvalue weighted by Crippen LogP contribution is 2.22. The van der Waals surface area contributed by atoms with Crippen LogP contribution in [0.4, 0.5) is 0 Å². The molecule has 0 bridgehead atoms. The van der Waals surface area contributed by atoms with E-state index in [-0.39, 0.29) is 11.7 Å². The lowest BCUT2D eigenvalue weighted by atomic mass is 9.99. The average molecular weight is 283 g/mol. The molecule has 1 heterocycles. The molecule has 0 radical (unpaired) electrons. The normalized spacial score (nSPS) is 11.0. The number of amides is 1. The topological polar surface area (TPSA) is 76.4 Å². The second kappa shape index (κ2) is 9.50. The molecule has 0 saturated heterocycles. The first kappa shape index (κ1) is 16.7. The minimum absolute atomic E-state index is 0.219. The molecule has 0 aliphatic rings. The molecule has 0 unspecified atom stereocenters. The van der Waals surface area contributed by atoms with Gasteiger partial charge in [0.25, 0.3) is 5.91 Å². The van der Waals surface area contributed by atoms with Gasteiger partial charge in [0.2, 0.25) is 5.76 Å². The number of hydrogen-bond acceptors (Lipinski definition) is 5. The Bertz CT molecular complexity index is 389. The first-order valence-electron chi connectivity index (χ1n) is 7.17. The molecule has 20 heavy (non-hydrogen) atoms. The van der Waals surface area contributed by atoms with Crippen LogP contribution in [0.3, 0.4) is 0 Å². The molecule has 6 heteroatoms. The maximum absolute atomic E-state index is 11.8. The van der Waals surface area contributed by atoms with E-state index in [1.807, 2.05) is 0 Å². The molecule has 6 nitrogen and oxygen atoms in total. The summed E-state index contributed by atoms with van der Waals surface area (Å²) in [5.41, 5.74) is 0.860. The molecule has 2 N–H and O–H groups in total. The van der Waals surface area contributed by atoms with Gasteiger partial charge in [-0.25, -0.2) is 0 Å². The number of hydrogen-bond donors (Lipinski definition) is 2. The van der Waals surface area contributed by atoms with Crippen molar-refractivity contribution in [2.24, 2.45) is 0 Å². The lowest BCUT2D eigenvalue weighted by Gasteiger charge is -2.06. The number of methoxy groups -OCH3 is 1. The van der Waals surface area contributed by atoms with Gasteiger partial charge < -0.3 is 19.9 Å². The molecule has 0 aromatic carbocycles. The lowest BCUT2D eigenvalue weighted by molar-refractivity contribution is 0.0916. The van der Waals surface area contributed by atoms with Crippen LogP contribution in [0.5, 0.6) is 0 Å². The smallest absolute Gasteiger partial charge is 0.289 e. The summed E-state index contributed by atoms with van der Waals surface area (Å²) in [6.45, 7) is 6.89. The van der Waals surface area contributed by atoms with Crippen LogP contribution >= 0.6 is 0 Å². The summed E-state index contributed by atoms with van der Waals surface area (Å²) in [6, 6.07) is 1.74. The van der Waals surface area contributed by atoms with Crippen molar-refractivity contribution in [3.63, 3.8) is 0 Å². The summed E-state index contributed by atoms with van der Waals surface area (Å²) in [4.78, 5) is 11.8. The van der Waals surface area contributed by atoms with Gasteiger partial charge in [0.1, 0.15) is 0 Å². The molecular weight excluding hydrogens is 258 g/mol. The zero-order valence-electron chi connectivity index (χ0n) is 12.6. The Hall–Kier alpha value is -1.40. The number of carbonyl (C=O) groups excluding carboxylic acids is 1. The SMILES string of the molecule is CCC(CC)c1cc(C(=O)NCCNCCOC)on1. The van der Waals surface area contributed by atoms with Crippen molar-refractivity contribution < 1.29 is 14.1 Å². The molecular formula is C14H25N3O3. The average Bonchev–Trinajstić information content (AvgIpc) is 2.93. The minimum atomic E-state index is -0.219. The van der Waals surface area contributed by atoms with Crippen molar-refractivity contribution in [3.05, 3.63) is 17.5 Å². The van der Waals surface area contributed by atoms with Crippen molar-refractivity contribution >= 4 is 5.91 Å². The monoisotopic (exact) mass is 283 g/mol. The van der Waals surface area contributed by atoms with Crippen LogP contribution in [0.15, 0.2) is 10.6 Å². The van der Waals surface area contributed by atoms with Crippen molar-refractivity contribution in [2.45, 2.75) is 32.6 Å².